The lowest BCUT2D eigenvalue weighted by Crippen LogP contribution is -2.25. The van der Waals surface area contributed by atoms with Crippen molar-refractivity contribution >= 4 is 35.4 Å². The maximum atomic E-state index is 12.6. The number of imidazole rings is 1. The number of fused-ring (bicyclic) bond motifs is 1. The molecule has 1 amide bonds. The lowest BCUT2D eigenvalue weighted by atomic mass is 10.2. The van der Waals surface area contributed by atoms with Crippen LogP contribution in [0.2, 0.25) is 0 Å². The number of carbonyl (C=O) groups is 2. The summed E-state index contributed by atoms with van der Waals surface area (Å²) in [6.45, 7) is 2.49. The van der Waals surface area contributed by atoms with Gasteiger partial charge in [-0.3, -0.25) is 19.6 Å². The number of hydrogen-bond donors (Lipinski definition) is 4. The van der Waals surface area contributed by atoms with Crippen molar-refractivity contribution in [1.29, 1.82) is 0 Å². The molecule has 1 unspecified atom stereocenters. The zero-order valence-electron chi connectivity index (χ0n) is 20.2. The van der Waals surface area contributed by atoms with Crippen LogP contribution in [0.4, 0.5) is 0 Å². The number of aromatic nitrogens is 5. The lowest BCUT2D eigenvalue weighted by molar-refractivity contribution is -0.143. The molecular weight excluding hydrogens is 498 g/mol. The molecule has 1 aliphatic heterocycles. The van der Waals surface area contributed by atoms with E-state index in [-0.39, 0.29) is 41.2 Å². The molecule has 0 spiro atoms. The van der Waals surface area contributed by atoms with Crippen LogP contribution in [0.1, 0.15) is 55.7 Å². The van der Waals surface area contributed by atoms with Crippen LogP contribution < -0.4 is 21.7 Å². The Morgan fingerprint density at radius 1 is 1.38 bits per heavy atom. The van der Waals surface area contributed by atoms with Crippen LogP contribution in [0.3, 0.4) is 0 Å². The molecule has 37 heavy (non-hydrogen) atoms. The minimum absolute atomic E-state index is 0.0818. The molecule has 1 fully saturated rings. The summed E-state index contributed by atoms with van der Waals surface area (Å²) in [7, 11) is 0. The van der Waals surface area contributed by atoms with E-state index >= 15 is 0 Å². The Morgan fingerprint density at radius 3 is 2.95 bits per heavy atom. The molecule has 2 aliphatic rings. The normalized spacial score (nSPS) is 18.4. The summed E-state index contributed by atoms with van der Waals surface area (Å²) >= 11 is 1.44. The number of carbonyl (C=O) groups excluding carboxylic acids is 2. The van der Waals surface area contributed by atoms with Gasteiger partial charge in [-0.15, -0.1) is 11.8 Å². The van der Waals surface area contributed by atoms with Crippen molar-refractivity contribution < 1.29 is 19.4 Å². The van der Waals surface area contributed by atoms with Gasteiger partial charge in [0.25, 0.3) is 5.91 Å². The van der Waals surface area contributed by atoms with Crippen molar-refractivity contribution in [3.8, 4) is 5.88 Å². The molecule has 12 nitrogen and oxygen atoms in total. The average molecular weight is 526 g/mol. The van der Waals surface area contributed by atoms with Gasteiger partial charge in [-0.1, -0.05) is 6.08 Å². The monoisotopic (exact) mass is 525 g/mol. The predicted octanol–water partition coefficient (Wildman–Crippen LogP) is 0.584. The largest absolute Gasteiger partial charge is 0.493 e. The first-order valence-corrected chi connectivity index (χ1v) is 13.1. The second kappa shape index (κ2) is 10.6. The molecule has 4 heterocycles. The summed E-state index contributed by atoms with van der Waals surface area (Å²) in [5.41, 5.74) is 1.69. The Balaban J connectivity index is 1.35. The van der Waals surface area contributed by atoms with E-state index in [1.54, 1.807) is 23.7 Å². The fraction of sp³-hybridized carbons (Fsp3) is 0.417. The standard InChI is InChI=1S/C24H27N7O5S/c1-2-36-20(32)4-3-9-25-23(34)18-8-7-17(37-18)15-11-19(27-14-5-6-14)31-21(28-15)13(12-26-31)10-16-22(33)30-24(35)29-16/h8,10-12,14,17,33H,2-7,9H2,1H3,(H,25,34)(H2,29,30,35). The quantitative estimate of drug-likeness (QED) is 0.233. The van der Waals surface area contributed by atoms with Gasteiger partial charge < -0.3 is 20.1 Å². The van der Waals surface area contributed by atoms with E-state index in [2.05, 4.69) is 20.4 Å². The number of esters is 1. The fourth-order valence-corrected chi connectivity index (χ4v) is 5.04. The Labute approximate surface area is 214 Å². The van der Waals surface area contributed by atoms with E-state index < -0.39 is 5.69 Å². The summed E-state index contributed by atoms with van der Waals surface area (Å²) in [5, 5.41) is 17.8. The van der Waals surface area contributed by atoms with Gasteiger partial charge in [0.05, 0.1) is 34.7 Å². The molecule has 194 valence electrons. The first-order chi connectivity index (χ1) is 17.9. The highest BCUT2D eigenvalue weighted by atomic mass is 32.2. The SMILES string of the molecule is CCOC(=O)CCCNC(=O)C1=CCC(c2cc(=NC3CC3)n3ncc(=Cc4[nH]c(=O)[nH]c4O)c3n2)S1. The van der Waals surface area contributed by atoms with Gasteiger partial charge in [0, 0.05) is 24.3 Å². The van der Waals surface area contributed by atoms with Crippen molar-refractivity contribution in [3.05, 3.63) is 55.8 Å². The minimum Gasteiger partial charge on any atom is -0.493 e. The van der Waals surface area contributed by atoms with Gasteiger partial charge in [0.2, 0.25) is 5.88 Å². The van der Waals surface area contributed by atoms with Crippen LogP contribution >= 0.6 is 11.8 Å². The van der Waals surface area contributed by atoms with E-state index in [0.717, 1.165) is 18.5 Å². The molecule has 1 aliphatic carbocycles. The van der Waals surface area contributed by atoms with Crippen molar-refractivity contribution in [2.24, 2.45) is 4.99 Å². The summed E-state index contributed by atoms with van der Waals surface area (Å²) in [4.78, 5) is 50.7. The smallest absolute Gasteiger partial charge is 0.326 e. The topological polar surface area (TPSA) is 167 Å². The highest BCUT2D eigenvalue weighted by Gasteiger charge is 2.26. The average Bonchev–Trinajstić information content (AvgIpc) is 3.24. The Morgan fingerprint density at radius 2 is 2.22 bits per heavy atom. The first-order valence-electron chi connectivity index (χ1n) is 12.2. The number of ether oxygens (including phenoxy) is 1. The van der Waals surface area contributed by atoms with E-state index in [0.29, 0.717) is 47.3 Å². The van der Waals surface area contributed by atoms with Gasteiger partial charge in [-0.05, 0) is 38.7 Å². The van der Waals surface area contributed by atoms with Crippen molar-refractivity contribution in [2.45, 2.75) is 50.3 Å². The van der Waals surface area contributed by atoms with E-state index in [1.807, 2.05) is 12.1 Å². The summed E-state index contributed by atoms with van der Waals surface area (Å²) < 4.78 is 6.56. The minimum atomic E-state index is -0.515. The molecule has 13 heteroatoms. The maximum absolute atomic E-state index is 12.6. The van der Waals surface area contributed by atoms with Crippen molar-refractivity contribution in [3.63, 3.8) is 0 Å². The molecule has 0 radical (unpaired) electrons. The third-order valence-corrected chi connectivity index (χ3v) is 7.21. The molecule has 1 atom stereocenters. The van der Waals surface area contributed by atoms with Crippen LogP contribution in [0.15, 0.2) is 33.0 Å². The molecular formula is C24H27N7O5S. The number of hydrogen-bond acceptors (Lipinski definition) is 9. The Kier molecular flexibility index (Phi) is 7.12. The zero-order chi connectivity index (χ0) is 25.9. The molecule has 0 aromatic carbocycles. The number of aromatic hydroxyl groups is 1. The highest BCUT2D eigenvalue weighted by Crippen LogP contribution is 2.42. The number of nitrogens with one attached hydrogen (secondary N) is 3. The van der Waals surface area contributed by atoms with E-state index in [4.69, 9.17) is 14.7 Å². The van der Waals surface area contributed by atoms with Crippen LogP contribution in [0, 0.1) is 0 Å². The summed E-state index contributed by atoms with van der Waals surface area (Å²) in [6.07, 6.45) is 8.56. The molecule has 1 saturated carbocycles. The number of thioether (sulfide) groups is 1. The molecule has 0 saturated heterocycles. The van der Waals surface area contributed by atoms with Gasteiger partial charge in [-0.25, -0.2) is 9.78 Å². The molecule has 3 aromatic rings. The Bertz CT molecular complexity index is 1550. The van der Waals surface area contributed by atoms with Gasteiger partial charge in [0.1, 0.15) is 5.69 Å². The van der Waals surface area contributed by atoms with Gasteiger partial charge in [-0.2, -0.15) is 9.61 Å². The number of H-pyrrole nitrogens is 2. The van der Waals surface area contributed by atoms with Crippen molar-refractivity contribution in [2.75, 3.05) is 13.2 Å². The second-order valence-corrected chi connectivity index (χ2v) is 10.0. The van der Waals surface area contributed by atoms with Gasteiger partial charge >= 0.3 is 11.7 Å². The number of allylic oxidation sites excluding steroid dienone is 1. The number of rotatable bonds is 9. The molecule has 3 aromatic heterocycles. The van der Waals surface area contributed by atoms with Crippen LogP contribution in [-0.4, -0.2) is 60.7 Å². The molecule has 0 bridgehead atoms. The number of nitrogens with zero attached hydrogens (tertiary/aromatic N) is 4. The summed E-state index contributed by atoms with van der Waals surface area (Å²) in [5.74, 6) is -0.711. The lowest BCUT2D eigenvalue weighted by Gasteiger charge is -2.11. The third-order valence-electron chi connectivity index (χ3n) is 5.89. The number of amides is 1. The van der Waals surface area contributed by atoms with Crippen LogP contribution in [0.25, 0.3) is 11.7 Å². The van der Waals surface area contributed by atoms with Crippen LogP contribution in [0.5, 0.6) is 5.88 Å². The first kappa shape index (κ1) is 24.8. The molecule has 5 rings (SSSR count). The predicted molar refractivity (Wildman–Crippen MR) is 135 cm³/mol. The fourth-order valence-electron chi connectivity index (χ4n) is 3.92. The van der Waals surface area contributed by atoms with E-state index in [1.165, 1.54) is 11.8 Å². The van der Waals surface area contributed by atoms with Gasteiger partial charge in [0.15, 0.2) is 11.1 Å². The Hall–Kier alpha value is -3.87. The van der Waals surface area contributed by atoms with E-state index in [9.17, 15) is 19.5 Å². The van der Waals surface area contributed by atoms with Crippen LogP contribution in [-0.2, 0) is 14.3 Å². The maximum Gasteiger partial charge on any atom is 0.326 e. The third kappa shape index (κ3) is 5.77. The molecule has 4 N–H and O–H groups in total. The van der Waals surface area contributed by atoms with Crippen molar-refractivity contribution in [1.82, 2.24) is 29.9 Å². The summed E-state index contributed by atoms with van der Waals surface area (Å²) in [6, 6.07) is 2.16. The highest BCUT2D eigenvalue weighted by molar-refractivity contribution is 8.04. The zero-order valence-corrected chi connectivity index (χ0v) is 21.0. The number of aromatic amines is 2. The second-order valence-electron chi connectivity index (χ2n) is 8.80.